The van der Waals surface area contributed by atoms with E-state index in [9.17, 15) is 9.59 Å². The molecule has 1 atom stereocenters. The van der Waals surface area contributed by atoms with Gasteiger partial charge >= 0.3 is 0 Å². The molecular weight excluding hydrogens is 300 g/mol. The van der Waals surface area contributed by atoms with E-state index in [4.69, 9.17) is 0 Å². The molecular formula is C20H30N2O2. The molecule has 1 heterocycles. The smallest absolute Gasteiger partial charge is 0.232 e. The van der Waals surface area contributed by atoms with Gasteiger partial charge in [-0.2, -0.15) is 0 Å². The average molecular weight is 330 g/mol. The van der Waals surface area contributed by atoms with Gasteiger partial charge in [-0.1, -0.05) is 37.3 Å². The third kappa shape index (κ3) is 4.59. The molecule has 1 fully saturated rings. The van der Waals surface area contributed by atoms with Gasteiger partial charge in [-0.3, -0.25) is 9.59 Å². The van der Waals surface area contributed by atoms with E-state index in [0.29, 0.717) is 18.9 Å². The first kappa shape index (κ1) is 18.5. The van der Waals surface area contributed by atoms with Gasteiger partial charge in [0.1, 0.15) is 0 Å². The maximum absolute atomic E-state index is 13.0. The minimum absolute atomic E-state index is 0.116. The van der Waals surface area contributed by atoms with Crippen molar-refractivity contribution < 1.29 is 9.59 Å². The van der Waals surface area contributed by atoms with Crippen LogP contribution in [0.15, 0.2) is 30.3 Å². The third-order valence-electron chi connectivity index (χ3n) is 4.90. The summed E-state index contributed by atoms with van der Waals surface area (Å²) < 4.78 is 0. The zero-order valence-corrected chi connectivity index (χ0v) is 15.2. The SMILES string of the molecule is CCCC(=O)NC[C@@H]1CCCN(C(=O)C(C)(C)c2ccccc2)C1. The van der Waals surface area contributed by atoms with Crippen LogP contribution in [0.4, 0.5) is 0 Å². The summed E-state index contributed by atoms with van der Waals surface area (Å²) >= 11 is 0. The first-order valence-corrected chi connectivity index (χ1v) is 9.06. The van der Waals surface area contributed by atoms with Crippen LogP contribution >= 0.6 is 0 Å². The minimum Gasteiger partial charge on any atom is -0.356 e. The molecule has 1 aromatic carbocycles. The van der Waals surface area contributed by atoms with Crippen molar-refractivity contribution in [1.82, 2.24) is 10.2 Å². The zero-order valence-electron chi connectivity index (χ0n) is 15.2. The van der Waals surface area contributed by atoms with Crippen LogP contribution in [0.2, 0.25) is 0 Å². The first-order valence-electron chi connectivity index (χ1n) is 9.06. The van der Waals surface area contributed by atoms with Gasteiger partial charge in [-0.05, 0) is 44.6 Å². The summed E-state index contributed by atoms with van der Waals surface area (Å²) in [5, 5.41) is 3.01. The van der Waals surface area contributed by atoms with Crippen LogP contribution in [0.5, 0.6) is 0 Å². The molecule has 1 N–H and O–H groups in total. The predicted octanol–water partition coefficient (Wildman–Crippen LogP) is 3.12. The highest BCUT2D eigenvalue weighted by Gasteiger charge is 2.35. The van der Waals surface area contributed by atoms with Crippen molar-refractivity contribution in [3.8, 4) is 0 Å². The summed E-state index contributed by atoms with van der Waals surface area (Å²) in [5.41, 5.74) is 0.530. The summed E-state index contributed by atoms with van der Waals surface area (Å²) in [5.74, 6) is 0.652. The topological polar surface area (TPSA) is 49.4 Å². The van der Waals surface area contributed by atoms with Crippen LogP contribution in [0, 0.1) is 5.92 Å². The summed E-state index contributed by atoms with van der Waals surface area (Å²) in [7, 11) is 0. The van der Waals surface area contributed by atoms with E-state index in [1.54, 1.807) is 0 Å². The lowest BCUT2D eigenvalue weighted by atomic mass is 9.82. The largest absolute Gasteiger partial charge is 0.356 e. The normalized spacial score (nSPS) is 18.3. The van der Waals surface area contributed by atoms with Crippen molar-refractivity contribution in [3.05, 3.63) is 35.9 Å². The van der Waals surface area contributed by atoms with Gasteiger partial charge in [0.15, 0.2) is 0 Å². The molecule has 0 aromatic heterocycles. The fourth-order valence-electron chi connectivity index (χ4n) is 3.36. The molecule has 1 aliphatic rings. The number of carbonyl (C=O) groups is 2. The Labute approximate surface area is 145 Å². The summed E-state index contributed by atoms with van der Waals surface area (Å²) in [4.78, 5) is 26.7. The Kier molecular flexibility index (Phi) is 6.41. The summed E-state index contributed by atoms with van der Waals surface area (Å²) in [6, 6.07) is 9.97. The molecule has 24 heavy (non-hydrogen) atoms. The van der Waals surface area contributed by atoms with Gasteiger partial charge in [0.25, 0.3) is 0 Å². The fourth-order valence-corrected chi connectivity index (χ4v) is 3.36. The second-order valence-corrected chi connectivity index (χ2v) is 7.30. The molecule has 0 radical (unpaired) electrons. The molecule has 1 saturated heterocycles. The number of nitrogens with one attached hydrogen (secondary N) is 1. The van der Waals surface area contributed by atoms with Gasteiger partial charge in [-0.15, -0.1) is 0 Å². The van der Waals surface area contributed by atoms with Gasteiger partial charge in [0, 0.05) is 26.1 Å². The number of hydrogen-bond donors (Lipinski definition) is 1. The Balaban J connectivity index is 1.96. The predicted molar refractivity (Wildman–Crippen MR) is 96.7 cm³/mol. The van der Waals surface area contributed by atoms with Gasteiger partial charge in [0.05, 0.1) is 5.41 Å². The van der Waals surface area contributed by atoms with Crippen molar-refractivity contribution in [2.75, 3.05) is 19.6 Å². The number of likely N-dealkylation sites (tertiary alicyclic amines) is 1. The minimum atomic E-state index is -0.519. The quantitative estimate of drug-likeness (QED) is 0.871. The van der Waals surface area contributed by atoms with Gasteiger partial charge < -0.3 is 10.2 Å². The highest BCUT2D eigenvalue weighted by Crippen LogP contribution is 2.28. The number of amides is 2. The standard InChI is InChI=1S/C20H30N2O2/c1-4-9-18(23)21-14-16-10-8-13-22(15-16)19(24)20(2,3)17-11-6-5-7-12-17/h5-7,11-12,16H,4,8-10,13-15H2,1-3H3,(H,21,23)/t16-/m0/s1. The van der Waals surface area contributed by atoms with Crippen LogP contribution in [-0.4, -0.2) is 36.3 Å². The number of hydrogen-bond acceptors (Lipinski definition) is 2. The number of piperidine rings is 1. The molecule has 0 unspecified atom stereocenters. The molecule has 0 saturated carbocycles. The van der Waals surface area contributed by atoms with Crippen LogP contribution in [0.25, 0.3) is 0 Å². The Morgan fingerprint density at radius 2 is 1.96 bits per heavy atom. The molecule has 0 aliphatic carbocycles. The van der Waals surface area contributed by atoms with Crippen LogP contribution < -0.4 is 5.32 Å². The molecule has 2 amide bonds. The van der Waals surface area contributed by atoms with Crippen molar-refractivity contribution in [3.63, 3.8) is 0 Å². The van der Waals surface area contributed by atoms with Gasteiger partial charge in [0.2, 0.25) is 11.8 Å². The number of rotatable bonds is 6. The fraction of sp³-hybridized carbons (Fsp3) is 0.600. The Hall–Kier alpha value is -1.84. The van der Waals surface area contributed by atoms with Crippen LogP contribution in [0.1, 0.15) is 52.0 Å². The van der Waals surface area contributed by atoms with Crippen molar-refractivity contribution in [2.45, 2.75) is 51.9 Å². The van der Waals surface area contributed by atoms with E-state index in [1.165, 1.54) is 0 Å². The van der Waals surface area contributed by atoms with Gasteiger partial charge in [-0.25, -0.2) is 0 Å². The second kappa shape index (κ2) is 8.32. The summed E-state index contributed by atoms with van der Waals surface area (Å²) in [6.45, 7) is 8.23. The van der Waals surface area contributed by atoms with E-state index in [1.807, 2.05) is 56.0 Å². The lowest BCUT2D eigenvalue weighted by Crippen LogP contribution is -2.49. The molecule has 4 heteroatoms. The second-order valence-electron chi connectivity index (χ2n) is 7.30. The van der Waals surface area contributed by atoms with Crippen molar-refractivity contribution >= 4 is 11.8 Å². The van der Waals surface area contributed by atoms with E-state index in [0.717, 1.165) is 37.9 Å². The summed E-state index contributed by atoms with van der Waals surface area (Å²) in [6.07, 6.45) is 3.52. The van der Waals surface area contributed by atoms with E-state index < -0.39 is 5.41 Å². The van der Waals surface area contributed by atoms with E-state index >= 15 is 0 Å². The number of nitrogens with zero attached hydrogens (tertiary/aromatic N) is 1. The molecule has 0 bridgehead atoms. The first-order chi connectivity index (χ1) is 11.4. The molecule has 1 aromatic rings. The van der Waals surface area contributed by atoms with E-state index in [-0.39, 0.29) is 11.8 Å². The van der Waals surface area contributed by atoms with Crippen LogP contribution in [-0.2, 0) is 15.0 Å². The van der Waals surface area contributed by atoms with Crippen molar-refractivity contribution in [2.24, 2.45) is 5.92 Å². The number of carbonyl (C=O) groups excluding carboxylic acids is 2. The average Bonchev–Trinajstić information content (AvgIpc) is 2.60. The molecule has 1 aliphatic heterocycles. The number of benzene rings is 1. The third-order valence-corrected chi connectivity index (χ3v) is 4.90. The Morgan fingerprint density at radius 1 is 1.25 bits per heavy atom. The maximum Gasteiger partial charge on any atom is 0.232 e. The van der Waals surface area contributed by atoms with E-state index in [2.05, 4.69) is 5.32 Å². The molecule has 2 rings (SSSR count). The van der Waals surface area contributed by atoms with Crippen molar-refractivity contribution in [1.29, 1.82) is 0 Å². The highest BCUT2D eigenvalue weighted by atomic mass is 16.2. The monoisotopic (exact) mass is 330 g/mol. The molecule has 0 spiro atoms. The molecule has 4 nitrogen and oxygen atoms in total. The molecule has 132 valence electrons. The Bertz CT molecular complexity index is 554. The maximum atomic E-state index is 13.0. The van der Waals surface area contributed by atoms with Crippen LogP contribution in [0.3, 0.4) is 0 Å². The Morgan fingerprint density at radius 3 is 2.62 bits per heavy atom. The lowest BCUT2D eigenvalue weighted by molar-refractivity contribution is -0.138. The zero-order chi connectivity index (χ0) is 17.6. The highest BCUT2D eigenvalue weighted by molar-refractivity contribution is 5.87. The lowest BCUT2D eigenvalue weighted by Gasteiger charge is -2.38.